The Morgan fingerprint density at radius 2 is 2.00 bits per heavy atom. The first-order chi connectivity index (χ1) is 9.91. The van der Waals surface area contributed by atoms with Crippen LogP contribution >= 0.6 is 0 Å². The van der Waals surface area contributed by atoms with E-state index in [0.717, 1.165) is 30.7 Å². The fraction of sp³-hybridized carbons (Fsp3) is 0.667. The molecule has 2 nitrogen and oxygen atoms in total. The van der Waals surface area contributed by atoms with Crippen LogP contribution in [0.25, 0.3) is 0 Å². The predicted molar refractivity (Wildman–Crippen MR) is 85.2 cm³/mol. The molecule has 21 heavy (non-hydrogen) atoms. The first-order valence-electron chi connectivity index (χ1n) is 8.11. The van der Waals surface area contributed by atoms with Gasteiger partial charge in [0.15, 0.2) is 0 Å². The largest absolute Gasteiger partial charge is 0.490 e. The molecule has 0 saturated heterocycles. The molecule has 3 heteroatoms. The van der Waals surface area contributed by atoms with Crippen LogP contribution in [-0.2, 0) is 0 Å². The molecule has 2 rings (SSSR count). The van der Waals surface area contributed by atoms with E-state index >= 15 is 0 Å². The average molecular weight is 293 g/mol. The normalized spacial score (nSPS) is 20.2. The lowest BCUT2D eigenvalue weighted by Crippen LogP contribution is -2.29. The number of ether oxygens (including phenoxy) is 1. The molecule has 1 saturated carbocycles. The first-order valence-corrected chi connectivity index (χ1v) is 8.11. The Balaban J connectivity index is 2.09. The van der Waals surface area contributed by atoms with Gasteiger partial charge in [-0.15, -0.1) is 0 Å². The van der Waals surface area contributed by atoms with Gasteiger partial charge in [0, 0.05) is 11.6 Å². The fourth-order valence-corrected chi connectivity index (χ4v) is 3.05. The van der Waals surface area contributed by atoms with Crippen LogP contribution < -0.4 is 10.1 Å². The van der Waals surface area contributed by atoms with Gasteiger partial charge in [-0.1, -0.05) is 20.8 Å². The van der Waals surface area contributed by atoms with Crippen molar-refractivity contribution < 1.29 is 9.13 Å². The summed E-state index contributed by atoms with van der Waals surface area (Å²) >= 11 is 0. The Morgan fingerprint density at radius 3 is 2.62 bits per heavy atom. The lowest BCUT2D eigenvalue weighted by Gasteiger charge is -2.35. The topological polar surface area (TPSA) is 21.3 Å². The molecule has 0 bridgehead atoms. The molecular weight excluding hydrogens is 265 g/mol. The Hall–Kier alpha value is -1.09. The Kier molecular flexibility index (Phi) is 5.26. The van der Waals surface area contributed by atoms with Gasteiger partial charge < -0.3 is 10.1 Å². The van der Waals surface area contributed by atoms with Crippen LogP contribution in [0.2, 0.25) is 0 Å². The highest BCUT2D eigenvalue weighted by Crippen LogP contribution is 2.37. The number of hydrogen-bond donors (Lipinski definition) is 1. The van der Waals surface area contributed by atoms with Gasteiger partial charge in [-0.2, -0.15) is 0 Å². The number of halogens is 1. The molecule has 1 aromatic carbocycles. The summed E-state index contributed by atoms with van der Waals surface area (Å²) in [6, 6.07) is 4.96. The molecule has 0 amide bonds. The monoisotopic (exact) mass is 293 g/mol. The highest BCUT2D eigenvalue weighted by atomic mass is 19.1. The summed E-state index contributed by atoms with van der Waals surface area (Å²) in [6.45, 7) is 9.60. The molecule has 1 atom stereocenters. The molecule has 1 N–H and O–H groups in total. The third kappa shape index (κ3) is 4.44. The minimum atomic E-state index is -0.202. The zero-order valence-corrected chi connectivity index (χ0v) is 13.7. The summed E-state index contributed by atoms with van der Waals surface area (Å²) in [5.74, 6) is 0.626. The number of nitrogens with one attached hydrogen (secondary N) is 1. The quantitative estimate of drug-likeness (QED) is 0.838. The molecule has 1 aliphatic rings. The van der Waals surface area contributed by atoms with Gasteiger partial charge in [-0.25, -0.2) is 4.39 Å². The lowest BCUT2D eigenvalue weighted by atomic mass is 9.76. The molecule has 1 aliphatic carbocycles. The maximum absolute atomic E-state index is 13.5. The van der Waals surface area contributed by atoms with Gasteiger partial charge in [0.1, 0.15) is 11.6 Å². The smallest absolute Gasteiger partial charge is 0.124 e. The predicted octanol–water partition coefficient (Wildman–Crippen LogP) is 4.84. The van der Waals surface area contributed by atoms with Crippen molar-refractivity contribution in [2.24, 2.45) is 5.41 Å². The van der Waals surface area contributed by atoms with E-state index in [1.807, 2.05) is 0 Å². The maximum Gasteiger partial charge on any atom is 0.124 e. The van der Waals surface area contributed by atoms with E-state index in [4.69, 9.17) is 4.74 Å². The van der Waals surface area contributed by atoms with Crippen LogP contribution in [0, 0.1) is 11.2 Å². The number of benzene rings is 1. The lowest BCUT2D eigenvalue weighted by molar-refractivity contribution is 0.0974. The zero-order chi connectivity index (χ0) is 15.5. The first kappa shape index (κ1) is 16.3. The third-order valence-corrected chi connectivity index (χ3v) is 4.53. The van der Waals surface area contributed by atoms with E-state index in [9.17, 15) is 4.39 Å². The molecule has 0 spiro atoms. The number of hydrogen-bond acceptors (Lipinski definition) is 2. The Morgan fingerprint density at radius 1 is 1.33 bits per heavy atom. The van der Waals surface area contributed by atoms with Gasteiger partial charge >= 0.3 is 0 Å². The minimum absolute atomic E-state index is 0.0979. The summed E-state index contributed by atoms with van der Waals surface area (Å²) in [6.07, 6.45) is 4.81. The second kappa shape index (κ2) is 6.78. The van der Waals surface area contributed by atoms with Crippen LogP contribution in [-0.4, -0.2) is 12.6 Å². The summed E-state index contributed by atoms with van der Waals surface area (Å²) in [7, 11) is 0. The summed E-state index contributed by atoms with van der Waals surface area (Å²) in [5, 5.41) is 3.33. The van der Waals surface area contributed by atoms with Crippen LogP contribution in [0.5, 0.6) is 5.75 Å². The minimum Gasteiger partial charge on any atom is -0.490 e. The third-order valence-electron chi connectivity index (χ3n) is 4.53. The van der Waals surface area contributed by atoms with Crippen molar-refractivity contribution in [1.29, 1.82) is 0 Å². The zero-order valence-electron chi connectivity index (χ0n) is 13.7. The van der Waals surface area contributed by atoms with Gasteiger partial charge in [0.05, 0.1) is 6.10 Å². The van der Waals surface area contributed by atoms with Crippen LogP contribution in [0.4, 0.5) is 4.39 Å². The van der Waals surface area contributed by atoms with Crippen molar-refractivity contribution in [1.82, 2.24) is 5.32 Å². The second-order valence-corrected chi connectivity index (χ2v) is 6.94. The van der Waals surface area contributed by atoms with Gasteiger partial charge in [-0.05, 0) is 62.8 Å². The van der Waals surface area contributed by atoms with Crippen molar-refractivity contribution in [3.8, 4) is 5.75 Å². The van der Waals surface area contributed by atoms with Gasteiger partial charge in [0.2, 0.25) is 0 Å². The van der Waals surface area contributed by atoms with Crippen molar-refractivity contribution >= 4 is 0 Å². The Labute approximate surface area is 128 Å². The van der Waals surface area contributed by atoms with E-state index in [0.29, 0.717) is 5.41 Å². The maximum atomic E-state index is 13.5. The van der Waals surface area contributed by atoms with E-state index in [-0.39, 0.29) is 18.0 Å². The highest BCUT2D eigenvalue weighted by molar-refractivity contribution is 5.36. The molecule has 0 aliphatic heterocycles. The highest BCUT2D eigenvalue weighted by Gasteiger charge is 2.28. The SMILES string of the molecule is CCNC(C)c1cc(F)ccc1OC1CCC(C)(C)CC1. The van der Waals surface area contributed by atoms with Crippen molar-refractivity contribution in [2.45, 2.75) is 65.5 Å². The molecular formula is C18H28FNO. The summed E-state index contributed by atoms with van der Waals surface area (Å²) in [5.41, 5.74) is 1.35. The number of rotatable bonds is 5. The molecule has 118 valence electrons. The van der Waals surface area contributed by atoms with E-state index < -0.39 is 0 Å². The van der Waals surface area contributed by atoms with Crippen molar-refractivity contribution in [3.63, 3.8) is 0 Å². The summed E-state index contributed by atoms with van der Waals surface area (Å²) in [4.78, 5) is 0. The fourth-order valence-electron chi connectivity index (χ4n) is 3.05. The molecule has 0 radical (unpaired) electrons. The van der Waals surface area contributed by atoms with E-state index in [2.05, 4.69) is 33.0 Å². The van der Waals surface area contributed by atoms with E-state index in [1.165, 1.54) is 18.9 Å². The molecule has 1 aromatic rings. The summed E-state index contributed by atoms with van der Waals surface area (Å²) < 4.78 is 19.7. The van der Waals surface area contributed by atoms with Gasteiger partial charge in [0.25, 0.3) is 0 Å². The van der Waals surface area contributed by atoms with Crippen LogP contribution in [0.1, 0.15) is 65.0 Å². The standard InChI is InChI=1S/C18H28FNO/c1-5-20-13(2)16-12-14(19)6-7-17(16)21-15-8-10-18(3,4)11-9-15/h6-7,12-13,15,20H,5,8-11H2,1-4H3. The van der Waals surface area contributed by atoms with Crippen LogP contribution in [0.15, 0.2) is 18.2 Å². The van der Waals surface area contributed by atoms with Crippen molar-refractivity contribution in [3.05, 3.63) is 29.6 Å². The molecule has 0 aromatic heterocycles. The average Bonchev–Trinajstić information content (AvgIpc) is 2.43. The van der Waals surface area contributed by atoms with E-state index in [1.54, 1.807) is 12.1 Å². The molecule has 0 heterocycles. The van der Waals surface area contributed by atoms with Crippen molar-refractivity contribution in [2.75, 3.05) is 6.54 Å². The second-order valence-electron chi connectivity index (χ2n) is 6.94. The van der Waals surface area contributed by atoms with Crippen LogP contribution in [0.3, 0.4) is 0 Å². The molecule has 1 fully saturated rings. The Bertz CT molecular complexity index is 462. The molecule has 1 unspecified atom stereocenters. The van der Waals surface area contributed by atoms with Gasteiger partial charge in [-0.3, -0.25) is 0 Å².